The zero-order valence-electron chi connectivity index (χ0n) is 16.6. The van der Waals surface area contributed by atoms with Crippen LogP contribution in [-0.4, -0.2) is 36.3 Å². The van der Waals surface area contributed by atoms with Crippen molar-refractivity contribution in [3.63, 3.8) is 0 Å². The molecule has 7 heteroatoms. The molecule has 0 spiro atoms. The highest BCUT2D eigenvalue weighted by atomic mass is 32.2. The molecular weight excluding hydrogens is 374 g/mol. The number of nitrogens with zero attached hydrogens (tertiary/aromatic N) is 2. The molecule has 0 saturated carbocycles. The van der Waals surface area contributed by atoms with Crippen LogP contribution in [0, 0.1) is 0 Å². The molecule has 1 aromatic carbocycles. The first-order chi connectivity index (χ1) is 13.4. The summed E-state index contributed by atoms with van der Waals surface area (Å²) in [6.07, 6.45) is 7.90. The van der Waals surface area contributed by atoms with Crippen molar-refractivity contribution < 1.29 is 13.2 Å². The first-order valence-electron chi connectivity index (χ1n) is 9.98. The Morgan fingerprint density at radius 2 is 1.79 bits per heavy atom. The zero-order valence-corrected chi connectivity index (χ0v) is 17.5. The van der Waals surface area contributed by atoms with Crippen LogP contribution in [0.15, 0.2) is 41.4 Å². The fraction of sp³-hybridized carbons (Fsp3) is 0.476. The van der Waals surface area contributed by atoms with E-state index in [0.29, 0.717) is 24.5 Å². The predicted molar refractivity (Wildman–Crippen MR) is 111 cm³/mol. The van der Waals surface area contributed by atoms with Gasteiger partial charge in [0.1, 0.15) is 10.6 Å². The van der Waals surface area contributed by atoms with Gasteiger partial charge in [-0.15, -0.1) is 0 Å². The van der Waals surface area contributed by atoms with Gasteiger partial charge in [0.2, 0.25) is 10.0 Å². The second-order valence-corrected chi connectivity index (χ2v) is 9.33. The van der Waals surface area contributed by atoms with E-state index >= 15 is 0 Å². The average molecular weight is 404 g/mol. The quantitative estimate of drug-likeness (QED) is 0.682. The lowest BCUT2D eigenvalue weighted by atomic mass is 10.1. The molecule has 152 valence electrons. The zero-order chi connectivity index (χ0) is 20.1. The summed E-state index contributed by atoms with van der Waals surface area (Å²) >= 11 is 0. The van der Waals surface area contributed by atoms with E-state index in [0.717, 1.165) is 19.3 Å². The molecule has 0 unspecified atom stereocenters. The Morgan fingerprint density at radius 1 is 1.11 bits per heavy atom. The normalized spacial score (nSPS) is 15.1. The summed E-state index contributed by atoms with van der Waals surface area (Å²) in [6.45, 7) is 3.27. The predicted octanol–water partition coefficient (Wildman–Crippen LogP) is 3.79. The van der Waals surface area contributed by atoms with Gasteiger partial charge < -0.3 is 9.88 Å². The Kier molecular flexibility index (Phi) is 6.57. The van der Waals surface area contributed by atoms with Crippen LogP contribution in [0.5, 0.6) is 0 Å². The van der Waals surface area contributed by atoms with Crippen molar-refractivity contribution in [2.45, 2.75) is 50.3 Å². The van der Waals surface area contributed by atoms with Crippen molar-refractivity contribution >= 4 is 21.6 Å². The van der Waals surface area contributed by atoms with Crippen LogP contribution in [0.4, 0.5) is 5.69 Å². The van der Waals surface area contributed by atoms with Crippen molar-refractivity contribution in [1.82, 2.24) is 8.87 Å². The highest BCUT2D eigenvalue weighted by Crippen LogP contribution is 2.23. The summed E-state index contributed by atoms with van der Waals surface area (Å²) in [4.78, 5) is 12.8. The lowest BCUT2D eigenvalue weighted by molar-refractivity contribution is 0.101. The summed E-state index contributed by atoms with van der Waals surface area (Å²) in [7, 11) is -1.84. The van der Waals surface area contributed by atoms with E-state index in [1.165, 1.54) is 41.4 Å². The Labute approximate surface area is 167 Å². The van der Waals surface area contributed by atoms with Gasteiger partial charge in [-0.05, 0) is 49.4 Å². The Hall–Kier alpha value is -2.12. The molecule has 2 aromatic rings. The van der Waals surface area contributed by atoms with Gasteiger partial charge >= 0.3 is 0 Å². The number of hydrogen-bond donors (Lipinski definition) is 1. The van der Waals surface area contributed by atoms with E-state index in [2.05, 4.69) is 12.2 Å². The molecule has 0 aliphatic carbocycles. The molecular formula is C21H29N3O3S. The lowest BCUT2D eigenvalue weighted by Gasteiger charge is -2.13. The average Bonchev–Trinajstić information content (AvgIpc) is 3.34. The maximum absolute atomic E-state index is 12.7. The fourth-order valence-corrected chi connectivity index (χ4v) is 5.10. The number of amides is 1. The topological polar surface area (TPSA) is 71.4 Å². The minimum Gasteiger partial charge on any atom is -0.345 e. The van der Waals surface area contributed by atoms with Crippen LogP contribution in [0.2, 0.25) is 0 Å². The van der Waals surface area contributed by atoms with E-state index < -0.39 is 10.0 Å². The smallest absolute Gasteiger partial charge is 0.272 e. The van der Waals surface area contributed by atoms with E-state index in [9.17, 15) is 13.2 Å². The Balaban J connectivity index is 1.68. The van der Waals surface area contributed by atoms with Crippen LogP contribution < -0.4 is 5.32 Å². The van der Waals surface area contributed by atoms with E-state index in [1.54, 1.807) is 11.6 Å². The summed E-state index contributed by atoms with van der Waals surface area (Å²) in [5, 5.41) is 2.86. The SMILES string of the molecule is CCCCCc1ccc(NC(=O)c2cc(S(=O)(=O)N3CCCC3)cn2C)cc1. The monoisotopic (exact) mass is 403 g/mol. The number of benzene rings is 1. The van der Waals surface area contributed by atoms with Crippen LogP contribution in [-0.2, 0) is 23.5 Å². The van der Waals surface area contributed by atoms with Crippen LogP contribution in [0.1, 0.15) is 55.1 Å². The van der Waals surface area contributed by atoms with Crippen molar-refractivity contribution in [3.05, 3.63) is 47.8 Å². The molecule has 0 bridgehead atoms. The maximum Gasteiger partial charge on any atom is 0.272 e. The summed E-state index contributed by atoms with van der Waals surface area (Å²) < 4.78 is 28.5. The molecule has 1 saturated heterocycles. The van der Waals surface area contributed by atoms with Crippen molar-refractivity contribution in [2.75, 3.05) is 18.4 Å². The molecule has 1 aromatic heterocycles. The lowest BCUT2D eigenvalue weighted by Crippen LogP contribution is -2.27. The molecule has 1 aliphatic rings. The highest BCUT2D eigenvalue weighted by molar-refractivity contribution is 7.89. The van der Waals surface area contributed by atoms with Gasteiger partial charge in [-0.25, -0.2) is 8.42 Å². The Bertz CT molecular complexity index is 911. The van der Waals surface area contributed by atoms with Crippen LogP contribution in [0.3, 0.4) is 0 Å². The number of rotatable bonds is 8. The molecule has 1 fully saturated rings. The number of aryl methyl sites for hydroxylation is 2. The van der Waals surface area contributed by atoms with Gasteiger partial charge in [0.15, 0.2) is 0 Å². The third kappa shape index (κ3) is 4.64. The van der Waals surface area contributed by atoms with Gasteiger partial charge in [0.25, 0.3) is 5.91 Å². The number of sulfonamides is 1. The minimum absolute atomic E-state index is 0.174. The first kappa shape index (κ1) is 20.6. The number of hydrogen-bond acceptors (Lipinski definition) is 3. The molecule has 3 rings (SSSR count). The second kappa shape index (κ2) is 8.92. The maximum atomic E-state index is 12.7. The third-order valence-corrected chi connectivity index (χ3v) is 7.06. The molecule has 6 nitrogen and oxygen atoms in total. The number of carbonyl (C=O) groups is 1. The Morgan fingerprint density at radius 3 is 2.43 bits per heavy atom. The number of aromatic nitrogens is 1. The summed E-state index contributed by atoms with van der Waals surface area (Å²) in [5.74, 6) is -0.316. The highest BCUT2D eigenvalue weighted by Gasteiger charge is 2.29. The number of unbranched alkanes of at least 4 members (excludes halogenated alkanes) is 2. The molecule has 1 N–H and O–H groups in total. The van der Waals surface area contributed by atoms with Gasteiger partial charge in [-0.3, -0.25) is 4.79 Å². The van der Waals surface area contributed by atoms with Gasteiger partial charge in [0.05, 0.1) is 0 Å². The van der Waals surface area contributed by atoms with Crippen molar-refractivity contribution in [1.29, 1.82) is 0 Å². The van der Waals surface area contributed by atoms with Gasteiger partial charge in [0, 0.05) is 32.0 Å². The van der Waals surface area contributed by atoms with E-state index in [1.807, 2.05) is 24.3 Å². The van der Waals surface area contributed by atoms with E-state index in [4.69, 9.17) is 0 Å². The minimum atomic E-state index is -3.53. The summed E-state index contributed by atoms with van der Waals surface area (Å²) in [5.41, 5.74) is 2.28. The number of nitrogens with one attached hydrogen (secondary N) is 1. The van der Waals surface area contributed by atoms with Crippen molar-refractivity contribution in [3.8, 4) is 0 Å². The molecule has 1 amide bonds. The number of anilines is 1. The standard InChI is InChI=1S/C21H29N3O3S/c1-3-4-5-8-17-9-11-18(12-10-17)22-21(25)20-15-19(16-23(20)2)28(26,27)24-13-6-7-14-24/h9-12,15-16H,3-8,13-14H2,1-2H3,(H,22,25). The largest absolute Gasteiger partial charge is 0.345 e. The van der Waals surface area contributed by atoms with Crippen molar-refractivity contribution in [2.24, 2.45) is 7.05 Å². The molecule has 0 atom stereocenters. The fourth-order valence-electron chi connectivity index (χ4n) is 3.51. The van der Waals surface area contributed by atoms with E-state index in [-0.39, 0.29) is 10.8 Å². The van der Waals surface area contributed by atoms with Gasteiger partial charge in [-0.1, -0.05) is 31.9 Å². The molecule has 2 heterocycles. The first-order valence-corrected chi connectivity index (χ1v) is 11.4. The molecule has 1 aliphatic heterocycles. The molecule has 28 heavy (non-hydrogen) atoms. The second-order valence-electron chi connectivity index (χ2n) is 7.39. The third-order valence-electron chi connectivity index (χ3n) is 5.20. The summed E-state index contributed by atoms with van der Waals surface area (Å²) in [6, 6.07) is 9.30. The number of carbonyl (C=O) groups excluding carboxylic acids is 1. The van der Waals surface area contributed by atoms with Crippen LogP contribution >= 0.6 is 0 Å². The van der Waals surface area contributed by atoms with Crippen LogP contribution in [0.25, 0.3) is 0 Å². The molecule has 0 radical (unpaired) electrons. The van der Waals surface area contributed by atoms with Gasteiger partial charge in [-0.2, -0.15) is 4.31 Å².